The fourth-order valence-electron chi connectivity index (χ4n) is 2.09. The molecule has 0 aliphatic rings. The highest BCUT2D eigenvalue weighted by Gasteiger charge is 2.14. The van der Waals surface area contributed by atoms with Crippen LogP contribution in [0.1, 0.15) is 12.5 Å². The minimum Gasteiger partial charge on any atom is -0.481 e. The monoisotopic (exact) mass is 294 g/mol. The van der Waals surface area contributed by atoms with Gasteiger partial charge >= 0.3 is 5.97 Å². The fourth-order valence-corrected chi connectivity index (χ4v) is 2.84. The van der Waals surface area contributed by atoms with Gasteiger partial charge in [-0.15, -0.1) is 0 Å². The Balaban J connectivity index is 2.35. The van der Waals surface area contributed by atoms with E-state index in [1.807, 2.05) is 36.6 Å². The van der Waals surface area contributed by atoms with Gasteiger partial charge in [0.05, 0.1) is 23.4 Å². The SMILES string of the molecule is CCOCCn1c(SCC(=O)O)nc2cccc(C)c21. The van der Waals surface area contributed by atoms with Gasteiger partial charge < -0.3 is 14.4 Å². The van der Waals surface area contributed by atoms with E-state index in [-0.39, 0.29) is 5.75 Å². The number of carbonyl (C=O) groups is 1. The molecule has 0 amide bonds. The first-order chi connectivity index (χ1) is 9.63. The number of thioether (sulfide) groups is 1. The first kappa shape index (κ1) is 14.9. The van der Waals surface area contributed by atoms with E-state index in [0.29, 0.717) is 19.8 Å². The predicted octanol–water partition coefficient (Wildman–Crippen LogP) is 2.56. The number of ether oxygens (including phenoxy) is 1. The van der Waals surface area contributed by atoms with Gasteiger partial charge in [0.1, 0.15) is 0 Å². The zero-order chi connectivity index (χ0) is 14.5. The van der Waals surface area contributed by atoms with Crippen molar-refractivity contribution in [3.63, 3.8) is 0 Å². The Bertz CT molecular complexity index is 610. The van der Waals surface area contributed by atoms with Crippen LogP contribution in [-0.4, -0.2) is 39.6 Å². The normalized spacial score (nSPS) is 11.1. The summed E-state index contributed by atoms with van der Waals surface area (Å²) in [4.78, 5) is 15.3. The van der Waals surface area contributed by atoms with E-state index in [1.165, 1.54) is 11.8 Å². The first-order valence-electron chi connectivity index (χ1n) is 6.51. The standard InChI is InChI=1S/C14H18N2O3S/c1-3-19-8-7-16-13-10(2)5-4-6-11(13)15-14(16)20-9-12(17)18/h4-6H,3,7-9H2,1-2H3,(H,17,18). The molecule has 0 atom stereocenters. The van der Waals surface area contributed by atoms with Gasteiger partial charge in [-0.2, -0.15) is 0 Å². The number of hydrogen-bond acceptors (Lipinski definition) is 4. The maximum atomic E-state index is 10.7. The van der Waals surface area contributed by atoms with Crippen LogP contribution < -0.4 is 0 Å². The van der Waals surface area contributed by atoms with Crippen molar-refractivity contribution in [2.24, 2.45) is 0 Å². The molecule has 108 valence electrons. The number of nitrogens with zero attached hydrogens (tertiary/aromatic N) is 2. The van der Waals surface area contributed by atoms with Crippen molar-refractivity contribution >= 4 is 28.8 Å². The van der Waals surface area contributed by atoms with Crippen molar-refractivity contribution in [1.29, 1.82) is 0 Å². The smallest absolute Gasteiger partial charge is 0.313 e. The summed E-state index contributed by atoms with van der Waals surface area (Å²) in [7, 11) is 0. The number of imidazole rings is 1. The summed E-state index contributed by atoms with van der Waals surface area (Å²) in [5.74, 6) is -0.827. The molecule has 0 spiro atoms. The lowest BCUT2D eigenvalue weighted by Crippen LogP contribution is -2.08. The van der Waals surface area contributed by atoms with Gasteiger partial charge in [-0.25, -0.2) is 4.98 Å². The van der Waals surface area contributed by atoms with Crippen LogP contribution >= 0.6 is 11.8 Å². The van der Waals surface area contributed by atoms with Crippen molar-refractivity contribution in [1.82, 2.24) is 9.55 Å². The van der Waals surface area contributed by atoms with Crippen LogP contribution in [0.15, 0.2) is 23.4 Å². The third kappa shape index (κ3) is 3.32. The minimum atomic E-state index is -0.838. The number of benzene rings is 1. The highest BCUT2D eigenvalue weighted by atomic mass is 32.2. The molecule has 2 aromatic rings. The number of aliphatic carboxylic acids is 1. The summed E-state index contributed by atoms with van der Waals surface area (Å²) in [6.45, 7) is 5.93. The third-order valence-corrected chi connectivity index (χ3v) is 3.88. The molecule has 1 heterocycles. The molecule has 1 aromatic carbocycles. The van der Waals surface area contributed by atoms with Gasteiger partial charge in [0.25, 0.3) is 0 Å². The van der Waals surface area contributed by atoms with E-state index in [4.69, 9.17) is 9.84 Å². The summed E-state index contributed by atoms with van der Waals surface area (Å²) in [6.07, 6.45) is 0. The fraction of sp³-hybridized carbons (Fsp3) is 0.429. The summed E-state index contributed by atoms with van der Waals surface area (Å²) in [6, 6.07) is 5.94. The zero-order valence-electron chi connectivity index (χ0n) is 11.6. The molecule has 0 saturated heterocycles. The van der Waals surface area contributed by atoms with Crippen molar-refractivity contribution in [2.45, 2.75) is 25.5 Å². The molecule has 0 fully saturated rings. The second-order valence-electron chi connectivity index (χ2n) is 4.37. The lowest BCUT2D eigenvalue weighted by molar-refractivity contribution is -0.133. The van der Waals surface area contributed by atoms with Crippen molar-refractivity contribution in [3.8, 4) is 0 Å². The van der Waals surface area contributed by atoms with Crippen LogP contribution in [0.4, 0.5) is 0 Å². The Morgan fingerprint density at radius 3 is 3.00 bits per heavy atom. The number of carboxylic acid groups (broad SMARTS) is 1. The number of aromatic nitrogens is 2. The molecule has 1 aromatic heterocycles. The average Bonchev–Trinajstić information content (AvgIpc) is 2.76. The molecule has 0 aliphatic carbocycles. The molecule has 0 saturated carbocycles. The van der Waals surface area contributed by atoms with Crippen LogP contribution in [0.5, 0.6) is 0 Å². The van der Waals surface area contributed by atoms with E-state index in [0.717, 1.165) is 21.8 Å². The lowest BCUT2D eigenvalue weighted by atomic mass is 10.2. The van der Waals surface area contributed by atoms with Gasteiger partial charge in [-0.3, -0.25) is 4.79 Å². The van der Waals surface area contributed by atoms with E-state index in [1.54, 1.807) is 0 Å². The highest BCUT2D eigenvalue weighted by Crippen LogP contribution is 2.26. The second kappa shape index (κ2) is 6.76. The van der Waals surface area contributed by atoms with Crippen LogP contribution in [0.2, 0.25) is 0 Å². The maximum Gasteiger partial charge on any atom is 0.313 e. The van der Waals surface area contributed by atoms with Crippen molar-refractivity contribution < 1.29 is 14.6 Å². The molecule has 5 nitrogen and oxygen atoms in total. The summed E-state index contributed by atoms with van der Waals surface area (Å²) in [5.41, 5.74) is 3.09. The van der Waals surface area contributed by atoms with E-state index < -0.39 is 5.97 Å². The van der Waals surface area contributed by atoms with Crippen LogP contribution in [0, 0.1) is 6.92 Å². The van der Waals surface area contributed by atoms with E-state index in [9.17, 15) is 4.79 Å². The molecule has 20 heavy (non-hydrogen) atoms. The topological polar surface area (TPSA) is 64.3 Å². The minimum absolute atomic E-state index is 0.0109. The molecule has 0 unspecified atom stereocenters. The summed E-state index contributed by atoms with van der Waals surface area (Å²) >= 11 is 1.24. The summed E-state index contributed by atoms with van der Waals surface area (Å²) in [5, 5.41) is 9.56. The molecule has 0 aliphatic heterocycles. The van der Waals surface area contributed by atoms with Gasteiger partial charge in [0.15, 0.2) is 5.16 Å². The number of rotatable bonds is 7. The number of fused-ring (bicyclic) bond motifs is 1. The number of hydrogen-bond donors (Lipinski definition) is 1. The predicted molar refractivity (Wildman–Crippen MR) is 79.3 cm³/mol. The zero-order valence-corrected chi connectivity index (χ0v) is 12.4. The van der Waals surface area contributed by atoms with Gasteiger partial charge in [-0.1, -0.05) is 23.9 Å². The lowest BCUT2D eigenvalue weighted by Gasteiger charge is -2.09. The number of carboxylic acids is 1. The quantitative estimate of drug-likeness (QED) is 0.628. The van der Waals surface area contributed by atoms with Gasteiger partial charge in [0.2, 0.25) is 0 Å². The van der Waals surface area contributed by atoms with E-state index >= 15 is 0 Å². The largest absolute Gasteiger partial charge is 0.481 e. The molecule has 0 radical (unpaired) electrons. The van der Waals surface area contributed by atoms with Crippen LogP contribution in [0.25, 0.3) is 11.0 Å². The number of para-hydroxylation sites is 1. The Kier molecular flexibility index (Phi) is 5.03. The average molecular weight is 294 g/mol. The molecular formula is C14H18N2O3S. The summed E-state index contributed by atoms with van der Waals surface area (Å²) < 4.78 is 7.45. The molecule has 6 heteroatoms. The first-order valence-corrected chi connectivity index (χ1v) is 7.50. The molecular weight excluding hydrogens is 276 g/mol. The van der Waals surface area contributed by atoms with Gasteiger partial charge in [-0.05, 0) is 25.5 Å². The molecule has 0 bridgehead atoms. The van der Waals surface area contributed by atoms with Gasteiger partial charge in [0, 0.05) is 13.2 Å². The van der Waals surface area contributed by atoms with Crippen molar-refractivity contribution in [2.75, 3.05) is 19.0 Å². The van der Waals surface area contributed by atoms with E-state index in [2.05, 4.69) is 4.98 Å². The van der Waals surface area contributed by atoms with Crippen molar-refractivity contribution in [3.05, 3.63) is 23.8 Å². The Hall–Kier alpha value is -1.53. The van der Waals surface area contributed by atoms with Crippen LogP contribution in [-0.2, 0) is 16.1 Å². The maximum absolute atomic E-state index is 10.7. The Morgan fingerprint density at radius 1 is 1.50 bits per heavy atom. The second-order valence-corrected chi connectivity index (χ2v) is 5.31. The Labute approximate surface area is 121 Å². The molecule has 1 N–H and O–H groups in total. The Morgan fingerprint density at radius 2 is 2.30 bits per heavy atom. The third-order valence-electron chi connectivity index (χ3n) is 2.92. The number of aryl methyl sites for hydroxylation is 1. The highest BCUT2D eigenvalue weighted by molar-refractivity contribution is 7.99. The molecule has 2 rings (SSSR count). The van der Waals surface area contributed by atoms with Crippen LogP contribution in [0.3, 0.4) is 0 Å².